The van der Waals surface area contributed by atoms with Gasteiger partial charge >= 0.3 is 0 Å². The number of carbonyl (C=O) groups is 1. The predicted octanol–water partition coefficient (Wildman–Crippen LogP) is 2.49. The summed E-state index contributed by atoms with van der Waals surface area (Å²) in [6, 6.07) is 1.33. The highest BCUT2D eigenvalue weighted by atomic mass is 127. The van der Waals surface area contributed by atoms with Crippen LogP contribution in [0.2, 0.25) is 0 Å². The Morgan fingerprint density at radius 2 is 2.50 bits per heavy atom. The molecule has 0 N–H and O–H groups in total. The second-order valence-corrected chi connectivity index (χ2v) is 5.11. The molecule has 2 heterocycles. The molecule has 0 aliphatic carbocycles. The third kappa shape index (κ3) is 2.70. The van der Waals surface area contributed by atoms with Crippen LogP contribution in [0.15, 0.2) is 17.4 Å². The predicted molar refractivity (Wildman–Crippen MR) is 71.4 cm³/mol. The third-order valence-corrected chi connectivity index (χ3v) is 3.45. The smallest absolute Gasteiger partial charge is 0.228 e. The number of azide groups is 1. The first kappa shape index (κ1) is 13.0. The normalized spacial score (nSPS) is 18.9. The molecule has 0 aromatic carbocycles. The zero-order valence-corrected chi connectivity index (χ0v) is 11.4. The number of amides is 1. The molecular weight excluding hydrogens is 352 g/mol. The van der Waals surface area contributed by atoms with Gasteiger partial charge in [0.2, 0.25) is 5.91 Å². The zero-order valence-electron chi connectivity index (χ0n) is 9.25. The first-order valence-electron chi connectivity index (χ1n) is 5.24. The number of nitrogens with zero attached hydrogens (tertiary/aromatic N) is 5. The van der Waals surface area contributed by atoms with E-state index in [9.17, 15) is 9.18 Å². The van der Waals surface area contributed by atoms with Crippen LogP contribution in [-0.2, 0) is 4.79 Å². The van der Waals surface area contributed by atoms with E-state index in [0.29, 0.717) is 22.4 Å². The molecule has 1 unspecified atom stereocenters. The number of hydrogen-bond donors (Lipinski definition) is 0. The standard InChI is InChI=1S/C10H9FIN5O/c11-7-2-8(12)10(14-4-7)17-5-6(1-9(17)18)3-15-16-13/h2,4,6H,1,3,5H2. The summed E-state index contributed by atoms with van der Waals surface area (Å²) < 4.78 is 13.5. The van der Waals surface area contributed by atoms with Gasteiger partial charge < -0.3 is 0 Å². The van der Waals surface area contributed by atoms with Gasteiger partial charge in [-0.1, -0.05) is 5.11 Å². The van der Waals surface area contributed by atoms with Gasteiger partial charge in [0, 0.05) is 24.4 Å². The van der Waals surface area contributed by atoms with Crippen LogP contribution in [0.4, 0.5) is 10.2 Å². The average Bonchev–Trinajstić information content (AvgIpc) is 2.68. The maximum absolute atomic E-state index is 12.9. The largest absolute Gasteiger partial charge is 0.296 e. The van der Waals surface area contributed by atoms with E-state index in [4.69, 9.17) is 5.53 Å². The number of rotatable bonds is 3. The Labute approximate surface area is 116 Å². The molecule has 0 radical (unpaired) electrons. The van der Waals surface area contributed by atoms with Crippen molar-refractivity contribution < 1.29 is 9.18 Å². The molecule has 1 aliphatic heterocycles. The monoisotopic (exact) mass is 361 g/mol. The van der Waals surface area contributed by atoms with Gasteiger partial charge in [0.1, 0.15) is 11.6 Å². The molecule has 8 heteroatoms. The fourth-order valence-corrected chi connectivity index (χ4v) is 2.59. The number of aromatic nitrogens is 1. The van der Waals surface area contributed by atoms with Gasteiger partial charge in [0.05, 0.1) is 9.77 Å². The van der Waals surface area contributed by atoms with Gasteiger partial charge in [0.15, 0.2) is 0 Å². The Bertz CT molecular complexity index is 531. The summed E-state index contributed by atoms with van der Waals surface area (Å²) in [7, 11) is 0. The summed E-state index contributed by atoms with van der Waals surface area (Å²) >= 11 is 1.94. The molecule has 1 saturated heterocycles. The van der Waals surface area contributed by atoms with E-state index in [1.807, 2.05) is 22.6 Å². The van der Waals surface area contributed by atoms with Crippen LogP contribution >= 0.6 is 22.6 Å². The van der Waals surface area contributed by atoms with Crippen LogP contribution in [0.25, 0.3) is 10.4 Å². The van der Waals surface area contributed by atoms with Crippen molar-refractivity contribution in [1.82, 2.24) is 4.98 Å². The van der Waals surface area contributed by atoms with Crippen LogP contribution in [0.3, 0.4) is 0 Å². The summed E-state index contributed by atoms with van der Waals surface area (Å²) in [6.07, 6.45) is 1.42. The lowest BCUT2D eigenvalue weighted by Crippen LogP contribution is -2.26. The van der Waals surface area contributed by atoms with Crippen LogP contribution in [0.5, 0.6) is 0 Å². The van der Waals surface area contributed by atoms with Crippen molar-refractivity contribution in [2.24, 2.45) is 11.0 Å². The molecule has 0 bridgehead atoms. The maximum Gasteiger partial charge on any atom is 0.228 e. The molecule has 1 aromatic heterocycles. The molecule has 1 amide bonds. The van der Waals surface area contributed by atoms with Crippen molar-refractivity contribution in [2.45, 2.75) is 6.42 Å². The van der Waals surface area contributed by atoms with Crippen molar-refractivity contribution in [3.05, 3.63) is 32.1 Å². The second-order valence-electron chi connectivity index (χ2n) is 3.95. The number of halogens is 2. The van der Waals surface area contributed by atoms with Crippen LogP contribution in [0.1, 0.15) is 6.42 Å². The SMILES string of the molecule is [N-]=[N+]=NCC1CC(=O)N(c2ncc(F)cc2I)C1. The highest BCUT2D eigenvalue weighted by Crippen LogP contribution is 2.27. The minimum Gasteiger partial charge on any atom is -0.296 e. The summed E-state index contributed by atoms with van der Waals surface area (Å²) in [5.41, 5.74) is 8.25. The van der Waals surface area contributed by atoms with Crippen molar-refractivity contribution in [3.63, 3.8) is 0 Å². The minimum absolute atomic E-state index is 0.00365. The maximum atomic E-state index is 12.9. The second kappa shape index (κ2) is 5.49. The van der Waals surface area contributed by atoms with Gasteiger partial charge in [-0.25, -0.2) is 9.37 Å². The Hall–Kier alpha value is -1.41. The van der Waals surface area contributed by atoms with Gasteiger partial charge in [0.25, 0.3) is 0 Å². The van der Waals surface area contributed by atoms with Gasteiger partial charge in [-0.3, -0.25) is 9.69 Å². The number of carbonyl (C=O) groups excluding carboxylic acids is 1. The van der Waals surface area contributed by atoms with Crippen LogP contribution < -0.4 is 4.90 Å². The average molecular weight is 361 g/mol. The first-order chi connectivity index (χ1) is 8.61. The first-order valence-corrected chi connectivity index (χ1v) is 6.32. The highest BCUT2D eigenvalue weighted by molar-refractivity contribution is 14.1. The van der Waals surface area contributed by atoms with E-state index in [-0.39, 0.29) is 18.4 Å². The third-order valence-electron chi connectivity index (χ3n) is 2.65. The lowest BCUT2D eigenvalue weighted by Gasteiger charge is -2.16. The molecule has 94 valence electrons. The molecule has 0 spiro atoms. The fourth-order valence-electron chi connectivity index (χ4n) is 1.87. The van der Waals surface area contributed by atoms with Crippen molar-refractivity contribution in [3.8, 4) is 0 Å². The van der Waals surface area contributed by atoms with E-state index >= 15 is 0 Å². The Kier molecular flexibility index (Phi) is 3.97. The van der Waals surface area contributed by atoms with E-state index in [0.717, 1.165) is 6.20 Å². The molecule has 1 aliphatic rings. The van der Waals surface area contributed by atoms with Crippen molar-refractivity contribution in [2.75, 3.05) is 18.0 Å². The molecule has 0 saturated carbocycles. The highest BCUT2D eigenvalue weighted by Gasteiger charge is 2.31. The summed E-state index contributed by atoms with van der Waals surface area (Å²) in [5, 5.41) is 3.47. The minimum atomic E-state index is -0.430. The van der Waals surface area contributed by atoms with E-state index < -0.39 is 5.82 Å². The Morgan fingerprint density at radius 1 is 1.72 bits per heavy atom. The quantitative estimate of drug-likeness (QED) is 0.359. The number of anilines is 1. The molecule has 18 heavy (non-hydrogen) atoms. The lowest BCUT2D eigenvalue weighted by molar-refractivity contribution is -0.117. The summed E-state index contributed by atoms with van der Waals surface area (Å²) in [5.74, 6) is -0.0490. The summed E-state index contributed by atoms with van der Waals surface area (Å²) in [4.78, 5) is 20.0. The Morgan fingerprint density at radius 3 is 3.17 bits per heavy atom. The van der Waals surface area contributed by atoms with Crippen molar-refractivity contribution in [1.29, 1.82) is 0 Å². The molecule has 6 nitrogen and oxygen atoms in total. The molecule has 2 rings (SSSR count). The van der Waals surface area contributed by atoms with E-state index in [1.54, 1.807) is 0 Å². The van der Waals surface area contributed by atoms with E-state index in [1.165, 1.54) is 11.0 Å². The molecular formula is C10H9FIN5O. The number of pyridine rings is 1. The van der Waals surface area contributed by atoms with Gasteiger partial charge in [-0.2, -0.15) is 0 Å². The molecule has 1 atom stereocenters. The van der Waals surface area contributed by atoms with Crippen LogP contribution in [-0.4, -0.2) is 24.0 Å². The fraction of sp³-hybridized carbons (Fsp3) is 0.400. The summed E-state index contributed by atoms with van der Waals surface area (Å²) in [6.45, 7) is 0.739. The van der Waals surface area contributed by atoms with E-state index in [2.05, 4.69) is 15.0 Å². The van der Waals surface area contributed by atoms with Crippen LogP contribution in [0, 0.1) is 15.3 Å². The molecule has 1 aromatic rings. The topological polar surface area (TPSA) is 82.0 Å². The molecule has 1 fully saturated rings. The van der Waals surface area contributed by atoms with Gasteiger partial charge in [-0.15, -0.1) is 0 Å². The zero-order chi connectivity index (χ0) is 13.1. The van der Waals surface area contributed by atoms with Crippen molar-refractivity contribution >= 4 is 34.3 Å². The number of hydrogen-bond acceptors (Lipinski definition) is 3. The Balaban J connectivity index is 2.18. The van der Waals surface area contributed by atoms with Gasteiger partial charge in [-0.05, 0) is 40.1 Å². The lowest BCUT2D eigenvalue weighted by atomic mass is 10.1.